The first-order valence-corrected chi connectivity index (χ1v) is 7.76. The van der Waals surface area contributed by atoms with Crippen molar-refractivity contribution in [3.05, 3.63) is 6.07 Å². The summed E-state index contributed by atoms with van der Waals surface area (Å²) in [6, 6.07) is -1.41. The fourth-order valence-electron chi connectivity index (χ4n) is 0.934. The number of halogens is 6. The van der Waals surface area contributed by atoms with Gasteiger partial charge in [0.2, 0.25) is 5.88 Å². The van der Waals surface area contributed by atoms with Gasteiger partial charge in [0.25, 0.3) is 9.84 Å². The summed E-state index contributed by atoms with van der Waals surface area (Å²) in [5.41, 5.74) is -11.8. The molecular formula is C7H4F6N2O6S2. The molecule has 0 unspecified atom stereocenters. The number of hydrogen-bond donors (Lipinski definition) is 0. The SMILES string of the molecule is COc1nc(OS(=O)(=O)C(F)(F)F)cc(S(=O)(=O)C(F)(F)F)n1. The van der Waals surface area contributed by atoms with Crippen molar-refractivity contribution in [2.75, 3.05) is 7.11 Å². The van der Waals surface area contributed by atoms with E-state index in [0.717, 1.165) is 7.11 Å². The van der Waals surface area contributed by atoms with Crippen LogP contribution in [0.1, 0.15) is 0 Å². The summed E-state index contributed by atoms with van der Waals surface area (Å²) >= 11 is 0. The van der Waals surface area contributed by atoms with Gasteiger partial charge in [-0.05, 0) is 0 Å². The smallest absolute Gasteiger partial charge is 0.467 e. The van der Waals surface area contributed by atoms with Crippen LogP contribution < -0.4 is 8.92 Å². The lowest BCUT2D eigenvalue weighted by molar-refractivity contribution is -0.0502. The average molecular weight is 390 g/mol. The fourth-order valence-corrected chi connectivity index (χ4v) is 2.03. The van der Waals surface area contributed by atoms with Crippen molar-refractivity contribution < 1.29 is 52.1 Å². The van der Waals surface area contributed by atoms with Gasteiger partial charge in [0.05, 0.1) is 7.11 Å². The van der Waals surface area contributed by atoms with Gasteiger partial charge in [0, 0.05) is 6.07 Å². The summed E-state index contributed by atoms with van der Waals surface area (Å²) in [7, 11) is -11.7. The summed E-state index contributed by atoms with van der Waals surface area (Å²) in [6.07, 6.45) is 0. The lowest BCUT2D eigenvalue weighted by Crippen LogP contribution is -2.29. The number of aromatic nitrogens is 2. The van der Waals surface area contributed by atoms with E-state index in [1.165, 1.54) is 0 Å². The summed E-state index contributed by atoms with van der Waals surface area (Å²) < 4.78 is 125. The van der Waals surface area contributed by atoms with Crippen LogP contribution in [0.15, 0.2) is 11.1 Å². The number of rotatable bonds is 4. The van der Waals surface area contributed by atoms with E-state index in [1.807, 2.05) is 0 Å². The zero-order valence-electron chi connectivity index (χ0n) is 10.5. The Hall–Kier alpha value is -1.84. The summed E-state index contributed by atoms with van der Waals surface area (Å²) in [4.78, 5) is 5.66. The topological polar surface area (TPSA) is 113 Å². The molecule has 0 amide bonds. The molecule has 0 aromatic carbocycles. The van der Waals surface area contributed by atoms with E-state index in [-0.39, 0.29) is 6.07 Å². The Labute approximate surface area is 124 Å². The normalized spacial score (nSPS) is 13.7. The molecule has 0 spiro atoms. The lowest BCUT2D eigenvalue weighted by atomic mass is 10.6. The van der Waals surface area contributed by atoms with E-state index in [2.05, 4.69) is 18.9 Å². The Morgan fingerprint density at radius 2 is 1.48 bits per heavy atom. The molecule has 0 radical (unpaired) electrons. The Balaban J connectivity index is 3.48. The third-order valence-corrected chi connectivity index (χ3v) is 4.23. The van der Waals surface area contributed by atoms with Crippen LogP contribution in [0.25, 0.3) is 0 Å². The van der Waals surface area contributed by atoms with E-state index < -0.39 is 47.9 Å². The van der Waals surface area contributed by atoms with Gasteiger partial charge in [-0.2, -0.15) is 44.7 Å². The Morgan fingerprint density at radius 1 is 0.957 bits per heavy atom. The molecule has 1 aromatic heterocycles. The first-order valence-electron chi connectivity index (χ1n) is 4.87. The van der Waals surface area contributed by atoms with Crippen molar-refractivity contribution in [1.29, 1.82) is 0 Å². The monoisotopic (exact) mass is 390 g/mol. The van der Waals surface area contributed by atoms with Crippen molar-refractivity contribution in [2.45, 2.75) is 16.0 Å². The number of methoxy groups -OCH3 is 1. The standard InChI is InChI=1S/C7H4F6N2O6S2/c1-20-5-14-3(21-23(18,19)7(11,12)13)2-4(15-5)22(16,17)6(8,9)10/h2H,1H3. The maximum absolute atomic E-state index is 12.4. The first kappa shape index (κ1) is 19.2. The van der Waals surface area contributed by atoms with Crippen LogP contribution in [0.3, 0.4) is 0 Å². The van der Waals surface area contributed by atoms with Crippen LogP contribution in [-0.4, -0.2) is 44.9 Å². The molecule has 0 fully saturated rings. The Morgan fingerprint density at radius 3 is 1.87 bits per heavy atom. The summed E-state index contributed by atoms with van der Waals surface area (Å²) in [6.45, 7) is 0. The van der Waals surface area contributed by atoms with Crippen molar-refractivity contribution >= 4 is 20.0 Å². The van der Waals surface area contributed by atoms with E-state index in [4.69, 9.17) is 0 Å². The maximum Gasteiger partial charge on any atom is 0.534 e. The molecule has 1 rings (SSSR count). The number of ether oxygens (including phenoxy) is 1. The highest BCUT2D eigenvalue weighted by Gasteiger charge is 2.50. The molecule has 1 aromatic rings. The molecule has 16 heteroatoms. The van der Waals surface area contributed by atoms with Gasteiger partial charge in [-0.1, -0.05) is 0 Å². The predicted octanol–water partition coefficient (Wildman–Crippen LogP) is 1.01. The van der Waals surface area contributed by atoms with Gasteiger partial charge in [-0.15, -0.1) is 0 Å². The van der Waals surface area contributed by atoms with Crippen LogP contribution in [0.2, 0.25) is 0 Å². The zero-order valence-corrected chi connectivity index (χ0v) is 12.1. The molecule has 1 heterocycles. The van der Waals surface area contributed by atoms with Crippen molar-refractivity contribution in [3.8, 4) is 11.9 Å². The molecule has 0 saturated carbocycles. The van der Waals surface area contributed by atoms with Crippen LogP contribution in [0, 0.1) is 0 Å². The summed E-state index contributed by atoms with van der Waals surface area (Å²) in [5.74, 6) is -1.63. The lowest BCUT2D eigenvalue weighted by Gasteiger charge is -2.11. The zero-order chi connectivity index (χ0) is 18.3. The third kappa shape index (κ3) is 3.92. The Bertz CT molecular complexity index is 800. The molecule has 0 N–H and O–H groups in total. The van der Waals surface area contributed by atoms with E-state index in [0.29, 0.717) is 0 Å². The van der Waals surface area contributed by atoms with Crippen molar-refractivity contribution in [3.63, 3.8) is 0 Å². The van der Waals surface area contributed by atoms with Crippen molar-refractivity contribution in [2.24, 2.45) is 0 Å². The van der Waals surface area contributed by atoms with Crippen molar-refractivity contribution in [1.82, 2.24) is 9.97 Å². The minimum absolute atomic E-state index is 0.241. The average Bonchev–Trinajstić information content (AvgIpc) is 2.34. The van der Waals surface area contributed by atoms with Crippen LogP contribution in [-0.2, 0) is 20.0 Å². The van der Waals surface area contributed by atoms with Crippen LogP contribution in [0.4, 0.5) is 26.3 Å². The third-order valence-electron chi connectivity index (χ3n) is 1.90. The second-order valence-electron chi connectivity index (χ2n) is 3.46. The van der Waals surface area contributed by atoms with E-state index in [1.54, 1.807) is 0 Å². The van der Waals surface area contributed by atoms with Gasteiger partial charge in [-0.3, -0.25) is 0 Å². The van der Waals surface area contributed by atoms with Crippen LogP contribution in [0.5, 0.6) is 11.9 Å². The molecule has 0 saturated heterocycles. The second-order valence-corrected chi connectivity index (χ2v) is 6.89. The largest absolute Gasteiger partial charge is 0.534 e. The molecule has 23 heavy (non-hydrogen) atoms. The minimum Gasteiger partial charge on any atom is -0.467 e. The highest BCUT2D eigenvalue weighted by atomic mass is 32.2. The molecule has 0 bridgehead atoms. The van der Waals surface area contributed by atoms with Gasteiger partial charge in [0.1, 0.15) is 0 Å². The highest BCUT2D eigenvalue weighted by molar-refractivity contribution is 7.92. The highest BCUT2D eigenvalue weighted by Crippen LogP contribution is 2.32. The Kier molecular flexibility index (Phi) is 4.73. The molecule has 0 atom stereocenters. The fraction of sp³-hybridized carbons (Fsp3) is 0.429. The van der Waals surface area contributed by atoms with Crippen LogP contribution >= 0.6 is 0 Å². The molecule has 0 aliphatic rings. The van der Waals surface area contributed by atoms with Gasteiger partial charge >= 0.3 is 27.1 Å². The molecule has 8 nitrogen and oxygen atoms in total. The number of sulfone groups is 1. The molecular weight excluding hydrogens is 386 g/mol. The van der Waals surface area contributed by atoms with E-state index >= 15 is 0 Å². The van der Waals surface area contributed by atoms with E-state index in [9.17, 15) is 43.2 Å². The summed E-state index contributed by atoms with van der Waals surface area (Å²) in [5, 5.41) is -1.86. The predicted molar refractivity (Wildman–Crippen MR) is 57.4 cm³/mol. The van der Waals surface area contributed by atoms with Gasteiger partial charge < -0.3 is 8.92 Å². The number of nitrogens with zero attached hydrogens (tertiary/aromatic N) is 2. The minimum atomic E-state index is -6.30. The molecule has 132 valence electrons. The molecule has 0 aliphatic heterocycles. The molecule has 0 aliphatic carbocycles. The maximum atomic E-state index is 12.4. The first-order chi connectivity index (χ1) is 10.1. The number of hydrogen-bond acceptors (Lipinski definition) is 8. The second kappa shape index (κ2) is 5.66. The van der Waals surface area contributed by atoms with Gasteiger partial charge in [0.15, 0.2) is 5.03 Å². The number of alkyl halides is 6. The quantitative estimate of drug-likeness (QED) is 0.324. The van der Waals surface area contributed by atoms with Gasteiger partial charge in [-0.25, -0.2) is 8.42 Å².